The van der Waals surface area contributed by atoms with Crippen LogP contribution in [0.5, 0.6) is 11.5 Å². The van der Waals surface area contributed by atoms with E-state index in [0.29, 0.717) is 41.1 Å². The quantitative estimate of drug-likeness (QED) is 0.156. The molecule has 0 fully saturated rings. The van der Waals surface area contributed by atoms with Crippen molar-refractivity contribution in [2.24, 2.45) is 5.10 Å². The van der Waals surface area contributed by atoms with E-state index in [2.05, 4.69) is 15.5 Å². The Bertz CT molecular complexity index is 1860. The minimum atomic E-state index is -0.367. The number of hydrazone groups is 1. The summed E-state index contributed by atoms with van der Waals surface area (Å²) < 4.78 is 26.3. The van der Waals surface area contributed by atoms with Gasteiger partial charge in [0.2, 0.25) is 0 Å². The van der Waals surface area contributed by atoms with Gasteiger partial charge in [0.15, 0.2) is 11.0 Å². The second-order valence-corrected chi connectivity index (χ2v) is 12.3. The van der Waals surface area contributed by atoms with Crippen LogP contribution in [0, 0.1) is 5.82 Å². The molecule has 0 bridgehead atoms. The number of carbonyl (C=O) groups is 2. The van der Waals surface area contributed by atoms with Gasteiger partial charge in [-0.05, 0) is 84.6 Å². The van der Waals surface area contributed by atoms with Gasteiger partial charge in [0.05, 0.1) is 42.6 Å². The van der Waals surface area contributed by atoms with E-state index in [9.17, 15) is 14.0 Å². The SMILES string of the molecule is CCOc1ccc(-n2c(CNC(=O)c3ccc(OC)cc3)nnc2SCC(=O)N2N=C(c3cccs3)CC2c2ccc(F)cc2)cc1. The number of benzene rings is 3. The first-order valence-electron chi connectivity index (χ1n) is 14.8. The maximum absolute atomic E-state index is 13.8. The Labute approximate surface area is 279 Å². The van der Waals surface area contributed by atoms with E-state index >= 15 is 0 Å². The first kappa shape index (κ1) is 32.0. The lowest BCUT2D eigenvalue weighted by atomic mass is 10.0. The van der Waals surface area contributed by atoms with Gasteiger partial charge in [-0.3, -0.25) is 14.2 Å². The number of hydrogen-bond donors (Lipinski definition) is 1. The fraction of sp³-hybridized carbons (Fsp3) is 0.206. The summed E-state index contributed by atoms with van der Waals surface area (Å²) in [5.74, 6) is 1.01. The van der Waals surface area contributed by atoms with Crippen molar-refractivity contribution in [3.8, 4) is 17.2 Å². The maximum Gasteiger partial charge on any atom is 0.253 e. The molecule has 1 N–H and O–H groups in total. The van der Waals surface area contributed by atoms with Gasteiger partial charge in [0, 0.05) is 17.7 Å². The number of ether oxygens (including phenoxy) is 2. The number of amides is 2. The smallest absolute Gasteiger partial charge is 0.253 e. The fourth-order valence-corrected chi connectivity index (χ4v) is 6.64. The summed E-state index contributed by atoms with van der Waals surface area (Å²) in [4.78, 5) is 27.7. The van der Waals surface area contributed by atoms with Crippen molar-refractivity contribution in [3.05, 3.63) is 118 Å². The van der Waals surface area contributed by atoms with Crippen LogP contribution >= 0.6 is 23.1 Å². The Morgan fingerprint density at radius 3 is 2.43 bits per heavy atom. The number of halogens is 1. The third kappa shape index (κ3) is 7.36. The summed E-state index contributed by atoms with van der Waals surface area (Å²) in [6, 6.07) is 24.0. The molecule has 5 aromatic rings. The molecule has 47 heavy (non-hydrogen) atoms. The van der Waals surface area contributed by atoms with Gasteiger partial charge in [-0.2, -0.15) is 5.10 Å². The van der Waals surface area contributed by atoms with Gasteiger partial charge in [0.25, 0.3) is 11.8 Å². The van der Waals surface area contributed by atoms with Crippen molar-refractivity contribution in [1.29, 1.82) is 0 Å². The van der Waals surface area contributed by atoms with Crippen molar-refractivity contribution < 1.29 is 23.5 Å². The predicted molar refractivity (Wildman–Crippen MR) is 179 cm³/mol. The number of thioether (sulfide) groups is 1. The van der Waals surface area contributed by atoms with E-state index in [0.717, 1.165) is 21.8 Å². The number of thiophene rings is 1. The van der Waals surface area contributed by atoms with Crippen LogP contribution in [-0.4, -0.2) is 56.8 Å². The Morgan fingerprint density at radius 1 is 1.00 bits per heavy atom. The van der Waals surface area contributed by atoms with Gasteiger partial charge in [0.1, 0.15) is 17.3 Å². The molecule has 0 saturated heterocycles. The number of methoxy groups -OCH3 is 1. The molecule has 2 amide bonds. The van der Waals surface area contributed by atoms with Crippen LogP contribution in [0.2, 0.25) is 0 Å². The number of rotatable bonds is 12. The first-order chi connectivity index (χ1) is 22.9. The summed E-state index contributed by atoms with van der Waals surface area (Å²) >= 11 is 2.78. The molecule has 0 aliphatic carbocycles. The molecule has 13 heteroatoms. The van der Waals surface area contributed by atoms with Gasteiger partial charge < -0.3 is 14.8 Å². The van der Waals surface area contributed by atoms with Crippen LogP contribution < -0.4 is 14.8 Å². The second-order valence-electron chi connectivity index (χ2n) is 10.4. The maximum atomic E-state index is 13.8. The Balaban J connectivity index is 1.23. The lowest BCUT2D eigenvalue weighted by molar-refractivity contribution is -0.130. The summed E-state index contributed by atoms with van der Waals surface area (Å²) in [5.41, 5.74) is 2.82. The van der Waals surface area contributed by atoms with Gasteiger partial charge >= 0.3 is 0 Å². The van der Waals surface area contributed by atoms with Gasteiger partial charge in [-0.1, -0.05) is 30.0 Å². The van der Waals surface area contributed by atoms with E-state index in [1.165, 1.54) is 28.9 Å². The molecule has 1 unspecified atom stereocenters. The van der Waals surface area contributed by atoms with Crippen molar-refractivity contribution in [2.75, 3.05) is 19.5 Å². The van der Waals surface area contributed by atoms with Crippen LogP contribution in [0.1, 0.15) is 46.0 Å². The van der Waals surface area contributed by atoms with Crippen LogP contribution in [0.4, 0.5) is 4.39 Å². The van der Waals surface area contributed by atoms with Gasteiger partial charge in [-0.25, -0.2) is 9.40 Å². The van der Waals surface area contributed by atoms with Crippen molar-refractivity contribution >= 4 is 40.6 Å². The van der Waals surface area contributed by atoms with Crippen LogP contribution in [0.25, 0.3) is 5.69 Å². The molecule has 10 nitrogen and oxygen atoms in total. The molecule has 6 rings (SSSR count). The molecule has 0 saturated carbocycles. The molecular weight excluding hydrogens is 640 g/mol. The number of nitrogens with zero attached hydrogens (tertiary/aromatic N) is 5. The highest BCUT2D eigenvalue weighted by Crippen LogP contribution is 2.35. The zero-order chi connectivity index (χ0) is 32.8. The minimum absolute atomic E-state index is 0.0201. The number of nitrogens with one attached hydrogen (secondary N) is 1. The molecule has 1 aliphatic heterocycles. The summed E-state index contributed by atoms with van der Waals surface area (Å²) in [5, 5.41) is 20.3. The fourth-order valence-electron chi connectivity index (χ4n) is 5.10. The van der Waals surface area contributed by atoms with Crippen LogP contribution in [0.15, 0.2) is 101 Å². The second kappa shape index (κ2) is 14.6. The lowest BCUT2D eigenvalue weighted by Gasteiger charge is -2.22. The Morgan fingerprint density at radius 2 is 1.74 bits per heavy atom. The number of aromatic nitrogens is 3. The highest BCUT2D eigenvalue weighted by Gasteiger charge is 2.33. The molecule has 3 heterocycles. The van der Waals surface area contributed by atoms with Crippen LogP contribution in [-0.2, 0) is 11.3 Å². The largest absolute Gasteiger partial charge is 0.497 e. The summed E-state index contributed by atoms with van der Waals surface area (Å²) in [6.45, 7) is 2.54. The standard InChI is InChI=1S/C34H31FN6O4S2/c1-3-45-27-16-12-25(13-17-27)40-31(20-36-33(43)23-8-14-26(44-2)15-9-23)37-38-34(40)47-21-32(42)41-29(22-6-10-24(35)11-7-22)19-28(39-41)30-5-4-18-46-30/h4-18,29H,3,19-21H2,1-2H3,(H,36,43). The van der Waals surface area contributed by atoms with E-state index < -0.39 is 0 Å². The molecule has 240 valence electrons. The number of hydrogen-bond acceptors (Lipinski definition) is 9. The average Bonchev–Trinajstić information content (AvgIpc) is 3.88. The molecule has 0 spiro atoms. The third-order valence-corrected chi connectivity index (χ3v) is 9.25. The summed E-state index contributed by atoms with van der Waals surface area (Å²) in [7, 11) is 1.57. The average molecular weight is 671 g/mol. The highest BCUT2D eigenvalue weighted by molar-refractivity contribution is 7.99. The predicted octanol–water partition coefficient (Wildman–Crippen LogP) is 6.28. The van der Waals surface area contributed by atoms with E-state index in [1.807, 2.05) is 53.3 Å². The molecular formula is C34H31FN6O4S2. The van der Waals surface area contributed by atoms with Crippen molar-refractivity contribution in [2.45, 2.75) is 31.1 Å². The first-order valence-corrected chi connectivity index (χ1v) is 16.7. The van der Waals surface area contributed by atoms with E-state index in [4.69, 9.17) is 14.6 Å². The molecule has 1 aliphatic rings. The summed E-state index contributed by atoms with van der Waals surface area (Å²) in [6.07, 6.45) is 0.517. The van der Waals surface area contributed by atoms with E-state index in [1.54, 1.807) is 54.8 Å². The minimum Gasteiger partial charge on any atom is -0.497 e. The van der Waals surface area contributed by atoms with E-state index in [-0.39, 0.29) is 36.0 Å². The third-order valence-electron chi connectivity index (χ3n) is 7.42. The molecule has 3 aromatic carbocycles. The topological polar surface area (TPSA) is 111 Å². The van der Waals surface area contributed by atoms with Crippen molar-refractivity contribution in [1.82, 2.24) is 25.1 Å². The molecule has 0 radical (unpaired) electrons. The number of carbonyl (C=O) groups excluding carboxylic acids is 2. The van der Waals surface area contributed by atoms with Gasteiger partial charge in [-0.15, -0.1) is 21.5 Å². The Hall–Kier alpha value is -5.01. The van der Waals surface area contributed by atoms with Crippen LogP contribution in [0.3, 0.4) is 0 Å². The lowest BCUT2D eigenvalue weighted by Crippen LogP contribution is -2.28. The van der Waals surface area contributed by atoms with Crippen molar-refractivity contribution in [3.63, 3.8) is 0 Å². The monoisotopic (exact) mass is 670 g/mol. The molecule has 2 aromatic heterocycles. The zero-order valence-electron chi connectivity index (χ0n) is 25.6. The molecule has 1 atom stereocenters. The normalized spacial score (nSPS) is 14.1. The zero-order valence-corrected chi connectivity index (χ0v) is 27.3. The Kier molecular flexibility index (Phi) is 9.93. The highest BCUT2D eigenvalue weighted by atomic mass is 32.2.